The van der Waals surface area contributed by atoms with Crippen molar-refractivity contribution in [2.75, 3.05) is 24.5 Å². The molecule has 1 aromatic rings. The molecule has 2 N–H and O–H groups in total. The molecule has 0 saturated carbocycles. The molecule has 0 amide bonds. The summed E-state index contributed by atoms with van der Waals surface area (Å²) in [4.78, 5) is 5.14. The second-order valence-corrected chi connectivity index (χ2v) is 3.48. The number of nitrogens with two attached hydrogens (primary N) is 1. The Morgan fingerprint density at radius 1 is 1.44 bits per heavy atom. The highest BCUT2D eigenvalue weighted by atomic mass is 19.4. The highest BCUT2D eigenvalue weighted by Crippen LogP contribution is 2.21. The van der Waals surface area contributed by atoms with Gasteiger partial charge in [-0.25, -0.2) is 0 Å². The maximum atomic E-state index is 12.3. The third-order valence-corrected chi connectivity index (χ3v) is 2.01. The normalized spacial score (nSPS) is 11.6. The Kier molecular flexibility index (Phi) is 4.12. The van der Waals surface area contributed by atoms with Gasteiger partial charge >= 0.3 is 6.18 Å². The van der Waals surface area contributed by atoms with Crippen LogP contribution < -0.4 is 10.6 Å². The summed E-state index contributed by atoms with van der Waals surface area (Å²) in [7, 11) is 0. The van der Waals surface area contributed by atoms with Gasteiger partial charge in [-0.2, -0.15) is 13.2 Å². The minimum Gasteiger partial charge on any atom is -0.361 e. The van der Waals surface area contributed by atoms with Crippen molar-refractivity contribution in [2.45, 2.75) is 13.1 Å². The van der Waals surface area contributed by atoms with E-state index in [0.29, 0.717) is 11.4 Å². The molecule has 0 aliphatic carbocycles. The molecule has 0 aliphatic rings. The zero-order valence-electron chi connectivity index (χ0n) is 8.96. The number of pyridine rings is 1. The number of hydrogen-bond donors (Lipinski definition) is 1. The van der Waals surface area contributed by atoms with E-state index in [0.717, 1.165) is 0 Å². The number of hydrogen-bond acceptors (Lipinski definition) is 3. The summed E-state index contributed by atoms with van der Waals surface area (Å²) in [5.74, 6) is 0. The first kappa shape index (κ1) is 12.8. The van der Waals surface area contributed by atoms with Crippen LogP contribution in [-0.2, 0) is 0 Å². The maximum Gasteiger partial charge on any atom is 0.405 e. The lowest BCUT2D eigenvalue weighted by Crippen LogP contribution is -2.37. The van der Waals surface area contributed by atoms with Crippen molar-refractivity contribution in [3.63, 3.8) is 0 Å². The first-order valence-corrected chi connectivity index (χ1v) is 4.87. The molecular formula is C10H14F3N3. The summed E-state index contributed by atoms with van der Waals surface area (Å²) < 4.78 is 37.0. The number of anilines is 1. The Balaban J connectivity index is 2.85. The molecule has 6 heteroatoms. The standard InChI is InChI=1S/C10H14F3N3/c1-8-6-9(2-4-15-8)16(5-3-14)7-10(11,12)13/h2,4,6H,3,5,7,14H2,1H3. The van der Waals surface area contributed by atoms with Gasteiger partial charge in [-0.1, -0.05) is 0 Å². The monoisotopic (exact) mass is 233 g/mol. The van der Waals surface area contributed by atoms with Crippen LogP contribution in [0.5, 0.6) is 0 Å². The first-order valence-electron chi connectivity index (χ1n) is 4.87. The molecule has 0 aromatic carbocycles. The fraction of sp³-hybridized carbons (Fsp3) is 0.500. The summed E-state index contributed by atoms with van der Waals surface area (Å²) in [6.45, 7) is 1.09. The number of nitrogens with zero attached hydrogens (tertiary/aromatic N) is 2. The summed E-state index contributed by atoms with van der Waals surface area (Å²) >= 11 is 0. The van der Waals surface area contributed by atoms with E-state index in [-0.39, 0.29) is 13.1 Å². The lowest BCUT2D eigenvalue weighted by Gasteiger charge is -2.25. The fourth-order valence-corrected chi connectivity index (χ4v) is 1.40. The van der Waals surface area contributed by atoms with Gasteiger partial charge in [0.15, 0.2) is 0 Å². The van der Waals surface area contributed by atoms with Crippen molar-refractivity contribution in [2.24, 2.45) is 5.73 Å². The predicted molar refractivity (Wildman–Crippen MR) is 56.3 cm³/mol. The van der Waals surface area contributed by atoms with Crippen LogP contribution in [0.2, 0.25) is 0 Å². The predicted octanol–water partition coefficient (Wildman–Crippen LogP) is 1.72. The Hall–Kier alpha value is -1.30. The number of aryl methyl sites for hydroxylation is 1. The van der Waals surface area contributed by atoms with Gasteiger partial charge in [0.2, 0.25) is 0 Å². The SMILES string of the molecule is Cc1cc(N(CCN)CC(F)(F)F)ccn1. The van der Waals surface area contributed by atoms with Gasteiger partial charge in [-0.15, -0.1) is 0 Å². The summed E-state index contributed by atoms with van der Waals surface area (Å²) in [6, 6.07) is 3.16. The molecule has 16 heavy (non-hydrogen) atoms. The topological polar surface area (TPSA) is 42.1 Å². The number of aromatic nitrogens is 1. The van der Waals surface area contributed by atoms with Crippen molar-refractivity contribution < 1.29 is 13.2 Å². The maximum absolute atomic E-state index is 12.3. The highest BCUT2D eigenvalue weighted by Gasteiger charge is 2.30. The van der Waals surface area contributed by atoms with E-state index in [4.69, 9.17) is 5.73 Å². The Morgan fingerprint density at radius 2 is 2.12 bits per heavy atom. The van der Waals surface area contributed by atoms with Gasteiger partial charge in [-0.05, 0) is 19.1 Å². The van der Waals surface area contributed by atoms with E-state index in [9.17, 15) is 13.2 Å². The smallest absolute Gasteiger partial charge is 0.361 e. The Bertz CT molecular complexity index is 338. The van der Waals surface area contributed by atoms with Gasteiger partial charge in [0.05, 0.1) is 0 Å². The lowest BCUT2D eigenvalue weighted by molar-refractivity contribution is -0.119. The van der Waals surface area contributed by atoms with Crippen LogP contribution in [0.15, 0.2) is 18.3 Å². The number of alkyl halides is 3. The van der Waals surface area contributed by atoms with Crippen LogP contribution in [0.25, 0.3) is 0 Å². The van der Waals surface area contributed by atoms with Gasteiger partial charge in [0.1, 0.15) is 6.54 Å². The largest absolute Gasteiger partial charge is 0.405 e. The van der Waals surface area contributed by atoms with Crippen LogP contribution in [0.3, 0.4) is 0 Å². The van der Waals surface area contributed by atoms with E-state index in [1.165, 1.54) is 11.1 Å². The molecule has 0 fully saturated rings. The van der Waals surface area contributed by atoms with Gasteiger partial charge in [0.25, 0.3) is 0 Å². The molecule has 0 aliphatic heterocycles. The van der Waals surface area contributed by atoms with Crippen molar-refractivity contribution in [1.82, 2.24) is 4.98 Å². The molecule has 0 unspecified atom stereocenters. The van der Waals surface area contributed by atoms with Crippen LogP contribution in [0, 0.1) is 6.92 Å². The van der Waals surface area contributed by atoms with Gasteiger partial charge < -0.3 is 10.6 Å². The molecule has 1 heterocycles. The van der Waals surface area contributed by atoms with Crippen molar-refractivity contribution >= 4 is 5.69 Å². The molecular weight excluding hydrogens is 219 g/mol. The van der Waals surface area contributed by atoms with E-state index in [1.807, 2.05) is 0 Å². The average Bonchev–Trinajstić information content (AvgIpc) is 2.15. The third kappa shape index (κ3) is 4.06. The minimum atomic E-state index is -4.23. The van der Waals surface area contributed by atoms with E-state index < -0.39 is 12.7 Å². The van der Waals surface area contributed by atoms with Crippen molar-refractivity contribution in [3.05, 3.63) is 24.0 Å². The lowest BCUT2D eigenvalue weighted by atomic mass is 10.3. The van der Waals surface area contributed by atoms with Crippen molar-refractivity contribution in [1.29, 1.82) is 0 Å². The van der Waals surface area contributed by atoms with Crippen LogP contribution >= 0.6 is 0 Å². The molecule has 0 bridgehead atoms. The number of rotatable bonds is 4. The zero-order valence-corrected chi connectivity index (χ0v) is 8.96. The summed E-state index contributed by atoms with van der Waals surface area (Å²) in [6.07, 6.45) is -2.74. The van der Waals surface area contributed by atoms with Crippen LogP contribution in [0.1, 0.15) is 5.69 Å². The van der Waals surface area contributed by atoms with E-state index >= 15 is 0 Å². The second-order valence-electron chi connectivity index (χ2n) is 3.48. The molecule has 3 nitrogen and oxygen atoms in total. The zero-order chi connectivity index (χ0) is 12.2. The molecule has 1 rings (SSSR count). The van der Waals surface area contributed by atoms with Gasteiger partial charge in [0, 0.05) is 30.7 Å². The number of halogens is 3. The minimum absolute atomic E-state index is 0.170. The molecule has 0 radical (unpaired) electrons. The van der Waals surface area contributed by atoms with E-state index in [1.54, 1.807) is 19.1 Å². The first-order chi connectivity index (χ1) is 7.42. The van der Waals surface area contributed by atoms with Crippen LogP contribution in [0.4, 0.5) is 18.9 Å². The van der Waals surface area contributed by atoms with Crippen molar-refractivity contribution in [3.8, 4) is 0 Å². The molecule has 90 valence electrons. The average molecular weight is 233 g/mol. The van der Waals surface area contributed by atoms with Crippen LogP contribution in [-0.4, -0.2) is 30.8 Å². The fourth-order valence-electron chi connectivity index (χ4n) is 1.40. The molecule has 0 spiro atoms. The second kappa shape index (κ2) is 5.16. The third-order valence-electron chi connectivity index (χ3n) is 2.01. The molecule has 1 aromatic heterocycles. The van der Waals surface area contributed by atoms with E-state index in [2.05, 4.69) is 4.98 Å². The highest BCUT2D eigenvalue weighted by molar-refractivity contribution is 5.46. The Morgan fingerprint density at radius 3 is 2.62 bits per heavy atom. The Labute approximate surface area is 92.1 Å². The van der Waals surface area contributed by atoms with Gasteiger partial charge in [-0.3, -0.25) is 4.98 Å². The summed E-state index contributed by atoms with van der Waals surface area (Å²) in [5, 5.41) is 0. The summed E-state index contributed by atoms with van der Waals surface area (Å²) in [5.41, 5.74) is 6.48. The molecule has 0 atom stereocenters. The molecule has 0 saturated heterocycles. The quantitative estimate of drug-likeness (QED) is 0.861.